The summed E-state index contributed by atoms with van der Waals surface area (Å²) in [6.07, 6.45) is 3.68. The zero-order valence-electron chi connectivity index (χ0n) is 25.5. The number of methoxy groups -OCH3 is 1. The summed E-state index contributed by atoms with van der Waals surface area (Å²) in [5, 5.41) is 2.70. The van der Waals surface area contributed by atoms with Gasteiger partial charge in [-0.05, 0) is 37.2 Å². The molecule has 2 aromatic rings. The van der Waals surface area contributed by atoms with Gasteiger partial charge in [0.25, 0.3) is 5.91 Å². The van der Waals surface area contributed by atoms with Gasteiger partial charge < -0.3 is 29.0 Å². The van der Waals surface area contributed by atoms with E-state index in [0.29, 0.717) is 12.5 Å². The standard InChI is InChI=1S/C32H44N2O8/c1-20(2)12-13-25-22(5)42-32(37)26(18-39-17-24(25)16-23-10-8-7-9-11-23)34-30(35)28-29(27(38-6)14-15-33-28)40-19-41-31(36)21(3)4/h7-11,14-15,20-22,24-26H,12-13,16-19H2,1-6H3,(H,34,35)/t22-,24-,25-,26-/m0/s1. The van der Waals surface area contributed by atoms with Crippen LogP contribution in [0, 0.1) is 23.7 Å². The molecule has 0 radical (unpaired) electrons. The average Bonchev–Trinajstić information content (AvgIpc) is 3.00. The van der Waals surface area contributed by atoms with E-state index >= 15 is 0 Å². The number of pyridine rings is 1. The second-order valence-corrected chi connectivity index (χ2v) is 11.4. The zero-order chi connectivity index (χ0) is 30.6. The first kappa shape index (κ1) is 32.8. The number of carbonyl (C=O) groups excluding carboxylic acids is 3. The smallest absolute Gasteiger partial charge is 0.331 e. The van der Waals surface area contributed by atoms with E-state index in [-0.39, 0.29) is 47.7 Å². The Hall–Kier alpha value is -3.66. The molecule has 3 rings (SSSR count). The molecule has 1 saturated heterocycles. The van der Waals surface area contributed by atoms with Gasteiger partial charge in [-0.15, -0.1) is 0 Å². The highest BCUT2D eigenvalue weighted by molar-refractivity contribution is 5.98. The number of ether oxygens (including phenoxy) is 5. The van der Waals surface area contributed by atoms with E-state index in [9.17, 15) is 14.4 Å². The lowest BCUT2D eigenvalue weighted by molar-refractivity contribution is -0.155. The summed E-state index contributed by atoms with van der Waals surface area (Å²) in [5.74, 6) is -1.16. The highest BCUT2D eigenvalue weighted by atomic mass is 16.7. The van der Waals surface area contributed by atoms with E-state index in [4.69, 9.17) is 23.7 Å². The van der Waals surface area contributed by atoms with Gasteiger partial charge in [0.05, 0.1) is 26.2 Å². The van der Waals surface area contributed by atoms with E-state index in [1.165, 1.54) is 24.9 Å². The molecule has 0 saturated carbocycles. The molecule has 0 aliphatic carbocycles. The molecule has 42 heavy (non-hydrogen) atoms. The number of amides is 1. The van der Waals surface area contributed by atoms with E-state index in [0.717, 1.165) is 19.3 Å². The van der Waals surface area contributed by atoms with Crippen molar-refractivity contribution >= 4 is 17.8 Å². The van der Waals surface area contributed by atoms with Crippen LogP contribution in [0.2, 0.25) is 0 Å². The quantitative estimate of drug-likeness (QED) is 0.282. The van der Waals surface area contributed by atoms with Crippen molar-refractivity contribution in [1.82, 2.24) is 10.3 Å². The molecular weight excluding hydrogens is 540 g/mol. The third-order valence-electron chi connectivity index (χ3n) is 7.31. The summed E-state index contributed by atoms with van der Waals surface area (Å²) in [4.78, 5) is 42.7. The van der Waals surface area contributed by atoms with Crippen molar-refractivity contribution in [3.05, 3.63) is 53.9 Å². The summed E-state index contributed by atoms with van der Waals surface area (Å²) in [6.45, 7) is 9.58. The fraction of sp³-hybridized carbons (Fsp3) is 0.562. The third-order valence-corrected chi connectivity index (χ3v) is 7.31. The Morgan fingerprint density at radius 3 is 2.50 bits per heavy atom. The molecule has 1 aromatic heterocycles. The van der Waals surface area contributed by atoms with Crippen molar-refractivity contribution in [2.24, 2.45) is 23.7 Å². The van der Waals surface area contributed by atoms with Crippen LogP contribution in [0.5, 0.6) is 11.5 Å². The van der Waals surface area contributed by atoms with Gasteiger partial charge in [-0.2, -0.15) is 0 Å². The van der Waals surface area contributed by atoms with Crippen LogP contribution in [0.25, 0.3) is 0 Å². The average molecular weight is 585 g/mol. The Morgan fingerprint density at radius 2 is 1.83 bits per heavy atom. The number of esters is 2. The predicted molar refractivity (Wildman–Crippen MR) is 156 cm³/mol. The number of hydrogen-bond donors (Lipinski definition) is 1. The molecule has 1 aliphatic heterocycles. The zero-order valence-corrected chi connectivity index (χ0v) is 25.5. The maximum atomic E-state index is 13.4. The molecule has 0 spiro atoms. The summed E-state index contributed by atoms with van der Waals surface area (Å²) >= 11 is 0. The van der Waals surface area contributed by atoms with E-state index in [1.807, 2.05) is 25.1 Å². The topological polar surface area (TPSA) is 122 Å². The Balaban J connectivity index is 1.77. The van der Waals surface area contributed by atoms with Crippen molar-refractivity contribution < 1.29 is 38.1 Å². The Bertz CT molecular complexity index is 1170. The van der Waals surface area contributed by atoms with Crippen LogP contribution < -0.4 is 14.8 Å². The fourth-order valence-electron chi connectivity index (χ4n) is 4.92. The lowest BCUT2D eigenvalue weighted by Crippen LogP contribution is -2.46. The number of hydrogen-bond acceptors (Lipinski definition) is 9. The number of benzene rings is 1. The highest BCUT2D eigenvalue weighted by Gasteiger charge is 2.35. The van der Waals surface area contributed by atoms with Crippen molar-refractivity contribution in [3.63, 3.8) is 0 Å². The molecule has 0 unspecified atom stereocenters. The minimum Gasteiger partial charge on any atom is -0.493 e. The van der Waals surface area contributed by atoms with Crippen molar-refractivity contribution in [2.75, 3.05) is 27.1 Å². The molecule has 10 heteroatoms. The van der Waals surface area contributed by atoms with Crippen LogP contribution in [-0.2, 0) is 30.2 Å². The molecule has 1 N–H and O–H groups in total. The molecule has 1 amide bonds. The number of carbonyl (C=O) groups is 3. The molecule has 230 valence electrons. The molecule has 1 aliphatic rings. The van der Waals surface area contributed by atoms with Gasteiger partial charge in [0.15, 0.2) is 23.2 Å². The molecule has 1 fully saturated rings. The largest absolute Gasteiger partial charge is 0.493 e. The molecule has 4 atom stereocenters. The van der Waals surface area contributed by atoms with Gasteiger partial charge in [-0.25, -0.2) is 9.78 Å². The van der Waals surface area contributed by atoms with Gasteiger partial charge in [-0.1, -0.05) is 64.4 Å². The Kier molecular flexibility index (Phi) is 12.6. The van der Waals surface area contributed by atoms with Crippen LogP contribution in [0.15, 0.2) is 42.6 Å². The van der Waals surface area contributed by atoms with Crippen molar-refractivity contribution in [3.8, 4) is 11.5 Å². The SMILES string of the molecule is COc1ccnc(C(=O)N[C@H]2COC[C@H](Cc3ccccc3)[C@@H](CCC(C)C)[C@H](C)OC2=O)c1OCOC(=O)C(C)C. The number of cyclic esters (lactones) is 1. The van der Waals surface area contributed by atoms with Gasteiger partial charge in [0, 0.05) is 18.2 Å². The first-order valence-corrected chi connectivity index (χ1v) is 14.6. The minimum absolute atomic E-state index is 0.0172. The van der Waals surface area contributed by atoms with Gasteiger partial charge >= 0.3 is 11.9 Å². The molecule has 1 aromatic carbocycles. The second-order valence-electron chi connectivity index (χ2n) is 11.4. The first-order chi connectivity index (χ1) is 20.1. The van der Waals surface area contributed by atoms with E-state index < -0.39 is 30.7 Å². The van der Waals surface area contributed by atoms with Crippen molar-refractivity contribution in [1.29, 1.82) is 0 Å². The van der Waals surface area contributed by atoms with Crippen LogP contribution in [0.4, 0.5) is 0 Å². The minimum atomic E-state index is -1.07. The predicted octanol–water partition coefficient (Wildman–Crippen LogP) is 4.60. The van der Waals surface area contributed by atoms with Crippen LogP contribution in [0.1, 0.15) is 63.5 Å². The summed E-state index contributed by atoms with van der Waals surface area (Å²) in [5.41, 5.74) is 1.06. The van der Waals surface area contributed by atoms with E-state index in [1.54, 1.807) is 13.8 Å². The molecule has 0 bridgehead atoms. The summed E-state index contributed by atoms with van der Waals surface area (Å²) in [7, 11) is 1.41. The number of rotatable bonds is 12. The van der Waals surface area contributed by atoms with Gasteiger partial charge in [0.1, 0.15) is 6.10 Å². The summed E-state index contributed by atoms with van der Waals surface area (Å²) in [6, 6.07) is 10.7. The molecular formula is C32H44N2O8. The van der Waals surface area contributed by atoms with Crippen LogP contribution in [0.3, 0.4) is 0 Å². The van der Waals surface area contributed by atoms with E-state index in [2.05, 4.69) is 36.3 Å². The lowest BCUT2D eigenvalue weighted by atomic mass is 9.80. The Morgan fingerprint density at radius 1 is 1.10 bits per heavy atom. The maximum absolute atomic E-state index is 13.4. The lowest BCUT2D eigenvalue weighted by Gasteiger charge is -2.31. The third kappa shape index (κ3) is 9.44. The fourth-order valence-corrected chi connectivity index (χ4v) is 4.92. The number of nitrogens with zero attached hydrogens (tertiary/aromatic N) is 1. The normalized spacial score (nSPS) is 21.1. The number of aromatic nitrogens is 1. The van der Waals surface area contributed by atoms with Crippen LogP contribution in [-0.4, -0.2) is 62.1 Å². The Labute approximate surface area is 248 Å². The van der Waals surface area contributed by atoms with Gasteiger partial charge in [-0.3, -0.25) is 9.59 Å². The maximum Gasteiger partial charge on any atom is 0.331 e. The summed E-state index contributed by atoms with van der Waals surface area (Å²) < 4.78 is 28.1. The molecule has 2 heterocycles. The first-order valence-electron chi connectivity index (χ1n) is 14.6. The highest BCUT2D eigenvalue weighted by Crippen LogP contribution is 2.31. The number of nitrogens with one attached hydrogen (secondary N) is 1. The monoisotopic (exact) mass is 584 g/mol. The molecule has 10 nitrogen and oxygen atoms in total. The second kappa shape index (κ2) is 16.1. The van der Waals surface area contributed by atoms with Crippen LogP contribution >= 0.6 is 0 Å². The van der Waals surface area contributed by atoms with Gasteiger partial charge in [0.2, 0.25) is 6.79 Å². The van der Waals surface area contributed by atoms with Crippen molar-refractivity contribution in [2.45, 2.75) is 66.0 Å².